The summed E-state index contributed by atoms with van der Waals surface area (Å²) in [5, 5.41) is 0. The summed E-state index contributed by atoms with van der Waals surface area (Å²) < 4.78 is 17.1. The van der Waals surface area contributed by atoms with Crippen molar-refractivity contribution in [1.29, 1.82) is 0 Å². The molecule has 2 rings (SSSR count). The Hall–Kier alpha value is -1.35. The number of rotatable bonds is 6. The predicted molar refractivity (Wildman–Crippen MR) is 84.8 cm³/mol. The Morgan fingerprint density at radius 3 is 2.00 bits per heavy atom. The second kappa shape index (κ2) is 6.89. The Labute approximate surface area is 124 Å². The molecule has 0 saturated carbocycles. The highest BCUT2D eigenvalue weighted by atomic mass is 32.5. The molecule has 2 aromatic carbocycles. The van der Waals surface area contributed by atoms with Gasteiger partial charge in [-0.3, -0.25) is 4.52 Å². The molecule has 106 valence electrons. The maximum Gasteiger partial charge on any atom is 0.434 e. The van der Waals surface area contributed by atoms with Crippen LogP contribution in [0.4, 0.5) is 0 Å². The molecule has 0 heterocycles. The third kappa shape index (κ3) is 4.34. The summed E-state index contributed by atoms with van der Waals surface area (Å²) in [4.78, 5) is 0. The van der Waals surface area contributed by atoms with Crippen molar-refractivity contribution in [3.8, 4) is 11.5 Å². The third-order valence-electron chi connectivity index (χ3n) is 2.49. The van der Waals surface area contributed by atoms with Gasteiger partial charge < -0.3 is 9.05 Å². The van der Waals surface area contributed by atoms with Gasteiger partial charge in [0.15, 0.2) is 0 Å². The quantitative estimate of drug-likeness (QED) is 0.722. The number of hydrogen-bond acceptors (Lipinski definition) is 4. The van der Waals surface area contributed by atoms with E-state index in [1.807, 2.05) is 68.4 Å². The zero-order valence-corrected chi connectivity index (χ0v) is 13.2. The van der Waals surface area contributed by atoms with E-state index >= 15 is 0 Å². The predicted octanol–water partition coefficient (Wildman–Crippen LogP) is 4.71. The van der Waals surface area contributed by atoms with Crippen molar-refractivity contribution in [1.82, 2.24) is 0 Å². The fraction of sp³-hybridized carbons (Fsp3) is 0.200. The Morgan fingerprint density at radius 2 is 1.45 bits per heavy atom. The van der Waals surface area contributed by atoms with Gasteiger partial charge in [-0.25, -0.2) is 0 Å². The van der Waals surface area contributed by atoms with E-state index in [0.717, 1.165) is 5.56 Å². The molecule has 0 fully saturated rings. The average molecular weight is 308 g/mol. The topological polar surface area (TPSA) is 27.7 Å². The highest BCUT2D eigenvalue weighted by Gasteiger charge is 2.23. The summed E-state index contributed by atoms with van der Waals surface area (Å²) in [7, 11) is 0. The third-order valence-corrected chi connectivity index (χ3v) is 4.69. The monoisotopic (exact) mass is 308 g/mol. The minimum absolute atomic E-state index is 0.440. The van der Waals surface area contributed by atoms with Crippen LogP contribution in [0.2, 0.25) is 0 Å². The van der Waals surface area contributed by atoms with Crippen molar-refractivity contribution in [3.05, 3.63) is 60.2 Å². The fourth-order valence-corrected chi connectivity index (χ4v) is 3.62. The zero-order valence-electron chi connectivity index (χ0n) is 11.5. The van der Waals surface area contributed by atoms with Crippen molar-refractivity contribution in [2.45, 2.75) is 13.8 Å². The summed E-state index contributed by atoms with van der Waals surface area (Å²) in [6.45, 7) is 1.48. The van der Waals surface area contributed by atoms with Gasteiger partial charge in [-0.1, -0.05) is 35.9 Å². The van der Waals surface area contributed by atoms with E-state index in [0.29, 0.717) is 18.1 Å². The van der Waals surface area contributed by atoms with E-state index in [2.05, 4.69) is 0 Å². The lowest BCUT2D eigenvalue weighted by molar-refractivity contribution is 0.276. The van der Waals surface area contributed by atoms with Crippen molar-refractivity contribution < 1.29 is 13.6 Å². The van der Waals surface area contributed by atoms with Gasteiger partial charge in [0.05, 0.1) is 6.61 Å². The highest BCUT2D eigenvalue weighted by molar-refractivity contribution is 8.07. The first-order valence-corrected chi connectivity index (χ1v) is 8.92. The number of benzene rings is 2. The van der Waals surface area contributed by atoms with Gasteiger partial charge in [0, 0.05) is 11.8 Å². The molecule has 0 aromatic heterocycles. The smallest absolute Gasteiger partial charge is 0.416 e. The molecule has 0 aliphatic heterocycles. The Balaban J connectivity index is 2.16. The van der Waals surface area contributed by atoms with E-state index in [-0.39, 0.29) is 0 Å². The van der Waals surface area contributed by atoms with Crippen molar-refractivity contribution in [2.75, 3.05) is 6.61 Å². The average Bonchev–Trinajstić information content (AvgIpc) is 2.42. The first kappa shape index (κ1) is 15.0. The second-order valence-corrected chi connectivity index (χ2v) is 7.03. The molecule has 0 aliphatic carbocycles. The highest BCUT2D eigenvalue weighted by Crippen LogP contribution is 2.49. The molecule has 0 spiro atoms. The lowest BCUT2D eigenvalue weighted by Crippen LogP contribution is -2.04. The van der Waals surface area contributed by atoms with Gasteiger partial charge >= 0.3 is 6.72 Å². The molecule has 0 saturated heterocycles. The number of aryl methyl sites for hydroxylation is 1. The molecule has 1 atom stereocenters. The van der Waals surface area contributed by atoms with Crippen LogP contribution in [0.3, 0.4) is 0 Å². The minimum Gasteiger partial charge on any atom is -0.416 e. The largest absolute Gasteiger partial charge is 0.434 e. The molecule has 0 bridgehead atoms. The van der Waals surface area contributed by atoms with Crippen molar-refractivity contribution in [3.63, 3.8) is 0 Å². The molecule has 0 aliphatic rings. The van der Waals surface area contributed by atoms with Gasteiger partial charge in [-0.05, 0) is 38.1 Å². The molecular formula is C15H17O3PS. The van der Waals surface area contributed by atoms with Gasteiger partial charge in [-0.2, -0.15) is 0 Å². The molecule has 5 heteroatoms. The van der Waals surface area contributed by atoms with Crippen LogP contribution in [0.1, 0.15) is 12.5 Å². The lowest BCUT2D eigenvalue weighted by atomic mass is 10.2. The van der Waals surface area contributed by atoms with E-state index in [4.69, 9.17) is 25.4 Å². The zero-order chi connectivity index (χ0) is 14.4. The van der Waals surface area contributed by atoms with Crippen LogP contribution >= 0.6 is 6.72 Å². The number of hydrogen-bond donors (Lipinski definition) is 0. The summed E-state index contributed by atoms with van der Waals surface area (Å²) in [5.41, 5.74) is 1.16. The maximum atomic E-state index is 5.78. The molecule has 20 heavy (non-hydrogen) atoms. The van der Waals surface area contributed by atoms with Crippen LogP contribution in [-0.2, 0) is 16.3 Å². The van der Waals surface area contributed by atoms with E-state index in [1.165, 1.54) is 0 Å². The van der Waals surface area contributed by atoms with Crippen LogP contribution < -0.4 is 9.05 Å². The van der Waals surface area contributed by atoms with Crippen LogP contribution in [0.15, 0.2) is 54.6 Å². The van der Waals surface area contributed by atoms with Gasteiger partial charge in [0.2, 0.25) is 0 Å². The lowest BCUT2D eigenvalue weighted by Gasteiger charge is -2.22. The second-order valence-electron chi connectivity index (χ2n) is 4.17. The molecule has 2 aromatic rings. The van der Waals surface area contributed by atoms with Crippen molar-refractivity contribution in [2.24, 2.45) is 0 Å². The van der Waals surface area contributed by atoms with Gasteiger partial charge in [-0.15, -0.1) is 0 Å². The van der Waals surface area contributed by atoms with Gasteiger partial charge in [0.1, 0.15) is 11.5 Å². The molecule has 0 radical (unpaired) electrons. The Kier molecular flexibility index (Phi) is 5.18. The van der Waals surface area contributed by atoms with Gasteiger partial charge in [0.25, 0.3) is 0 Å². The molecular weight excluding hydrogens is 291 g/mol. The van der Waals surface area contributed by atoms with Crippen LogP contribution in [-0.4, -0.2) is 6.61 Å². The molecule has 3 nitrogen and oxygen atoms in total. The normalized spacial score (nSPS) is 13.5. The van der Waals surface area contributed by atoms with Crippen LogP contribution in [0.25, 0.3) is 0 Å². The van der Waals surface area contributed by atoms with Crippen LogP contribution in [0.5, 0.6) is 11.5 Å². The molecule has 1 unspecified atom stereocenters. The minimum atomic E-state index is -2.84. The SMILES string of the molecule is CCOP(=S)(Oc1ccccc1)Oc1ccc(C)cc1. The Bertz CT molecular complexity index is 584. The summed E-state index contributed by atoms with van der Waals surface area (Å²) in [5.74, 6) is 1.31. The van der Waals surface area contributed by atoms with E-state index in [1.54, 1.807) is 0 Å². The maximum absolute atomic E-state index is 5.78. The summed E-state index contributed by atoms with van der Waals surface area (Å²) in [6.07, 6.45) is 0. The standard InChI is InChI=1S/C15H17O3PS/c1-3-16-19(20,17-14-7-5-4-6-8-14)18-15-11-9-13(2)10-12-15/h4-12H,3H2,1-2H3. The first-order valence-electron chi connectivity index (χ1n) is 6.37. The summed E-state index contributed by atoms with van der Waals surface area (Å²) in [6, 6.07) is 17.0. The first-order chi connectivity index (χ1) is 9.61. The van der Waals surface area contributed by atoms with Crippen LogP contribution in [0, 0.1) is 6.92 Å². The van der Waals surface area contributed by atoms with E-state index in [9.17, 15) is 0 Å². The van der Waals surface area contributed by atoms with E-state index < -0.39 is 6.72 Å². The van der Waals surface area contributed by atoms with Crippen molar-refractivity contribution >= 4 is 18.5 Å². The molecule has 0 amide bonds. The summed E-state index contributed by atoms with van der Waals surface area (Å²) >= 11 is 5.44. The molecule has 0 N–H and O–H groups in total. The number of para-hydroxylation sites is 1. The Morgan fingerprint density at radius 1 is 0.900 bits per heavy atom. The fourth-order valence-electron chi connectivity index (χ4n) is 1.57.